The van der Waals surface area contributed by atoms with Gasteiger partial charge in [0.2, 0.25) is 0 Å². The van der Waals surface area contributed by atoms with E-state index in [2.05, 4.69) is 122 Å². The molecule has 140 valence electrons. The van der Waals surface area contributed by atoms with E-state index in [-0.39, 0.29) is 0 Å². The molecule has 0 radical (unpaired) electrons. The SMILES string of the molecule is C#CCN(CC=C(C)C)C(c1ccccc1)(c1ccccc1)c1ccccc1. The first-order chi connectivity index (χ1) is 13.7. The van der Waals surface area contributed by atoms with E-state index in [9.17, 15) is 0 Å². The molecule has 28 heavy (non-hydrogen) atoms. The molecule has 0 spiro atoms. The van der Waals surface area contributed by atoms with Crippen LogP contribution in [0.15, 0.2) is 103 Å². The maximum Gasteiger partial charge on any atom is 0.0983 e. The number of benzene rings is 3. The molecule has 3 aromatic carbocycles. The minimum atomic E-state index is -0.470. The fourth-order valence-electron chi connectivity index (χ4n) is 3.81. The quantitative estimate of drug-likeness (QED) is 0.287. The van der Waals surface area contributed by atoms with Crippen molar-refractivity contribution in [1.82, 2.24) is 4.90 Å². The van der Waals surface area contributed by atoms with Gasteiger partial charge in [-0.1, -0.05) is 109 Å². The second-order valence-corrected chi connectivity index (χ2v) is 7.17. The van der Waals surface area contributed by atoms with Gasteiger partial charge < -0.3 is 0 Å². The zero-order chi connectivity index (χ0) is 19.8. The van der Waals surface area contributed by atoms with Crippen LogP contribution in [-0.4, -0.2) is 18.0 Å². The lowest BCUT2D eigenvalue weighted by Crippen LogP contribution is -2.48. The second kappa shape index (κ2) is 9.22. The van der Waals surface area contributed by atoms with Crippen LogP contribution in [0.5, 0.6) is 0 Å². The minimum absolute atomic E-state index is 0.470. The van der Waals surface area contributed by atoms with Gasteiger partial charge in [0, 0.05) is 6.54 Å². The number of hydrogen-bond acceptors (Lipinski definition) is 1. The summed E-state index contributed by atoms with van der Waals surface area (Å²) >= 11 is 0. The Balaban J connectivity index is 2.36. The van der Waals surface area contributed by atoms with Crippen LogP contribution in [0.3, 0.4) is 0 Å². The predicted molar refractivity (Wildman–Crippen MR) is 119 cm³/mol. The topological polar surface area (TPSA) is 3.24 Å². The van der Waals surface area contributed by atoms with Gasteiger partial charge in [0.15, 0.2) is 0 Å². The Morgan fingerprint density at radius 2 is 1.18 bits per heavy atom. The summed E-state index contributed by atoms with van der Waals surface area (Å²) < 4.78 is 0. The predicted octanol–water partition coefficient (Wildman–Crippen LogP) is 5.88. The third-order valence-corrected chi connectivity index (χ3v) is 5.05. The summed E-state index contributed by atoms with van der Waals surface area (Å²) in [6.07, 6.45) is 8.11. The van der Waals surface area contributed by atoms with E-state index in [4.69, 9.17) is 6.42 Å². The van der Waals surface area contributed by atoms with E-state index >= 15 is 0 Å². The van der Waals surface area contributed by atoms with Crippen molar-refractivity contribution in [1.29, 1.82) is 0 Å². The van der Waals surface area contributed by atoms with Crippen molar-refractivity contribution in [3.8, 4) is 12.3 Å². The summed E-state index contributed by atoms with van der Waals surface area (Å²) in [4.78, 5) is 2.39. The van der Waals surface area contributed by atoms with Gasteiger partial charge in [-0.3, -0.25) is 4.90 Å². The molecule has 0 aromatic heterocycles. The molecule has 0 fully saturated rings. The van der Waals surface area contributed by atoms with E-state index in [1.54, 1.807) is 0 Å². The van der Waals surface area contributed by atoms with Crippen LogP contribution >= 0.6 is 0 Å². The molecule has 0 unspecified atom stereocenters. The van der Waals surface area contributed by atoms with Crippen LogP contribution in [0, 0.1) is 12.3 Å². The highest BCUT2D eigenvalue weighted by atomic mass is 15.2. The molecule has 0 amide bonds. The maximum absolute atomic E-state index is 5.85. The second-order valence-electron chi connectivity index (χ2n) is 7.17. The fraction of sp³-hybridized carbons (Fsp3) is 0.185. The van der Waals surface area contributed by atoms with Gasteiger partial charge in [-0.2, -0.15) is 0 Å². The zero-order valence-electron chi connectivity index (χ0n) is 16.7. The third kappa shape index (κ3) is 3.93. The standard InChI is InChI=1S/C27H27N/c1-4-21-28(22-20-23(2)3)27(24-14-8-5-9-15-24,25-16-10-6-11-17-25)26-18-12-7-13-19-26/h1,5-20H,21-22H2,2-3H3. The monoisotopic (exact) mass is 365 g/mol. The first-order valence-electron chi connectivity index (χ1n) is 9.68. The Morgan fingerprint density at radius 3 is 1.50 bits per heavy atom. The maximum atomic E-state index is 5.85. The van der Waals surface area contributed by atoms with Crippen LogP contribution < -0.4 is 0 Å². The Hall–Kier alpha value is -3.08. The molecule has 0 aliphatic rings. The molecule has 0 heterocycles. The average molecular weight is 366 g/mol. The van der Waals surface area contributed by atoms with Crippen LogP contribution in [0.25, 0.3) is 0 Å². The van der Waals surface area contributed by atoms with E-state index in [1.807, 2.05) is 0 Å². The van der Waals surface area contributed by atoms with Crippen molar-refractivity contribution >= 4 is 0 Å². The lowest BCUT2D eigenvalue weighted by atomic mass is 9.75. The molecular weight excluding hydrogens is 338 g/mol. The van der Waals surface area contributed by atoms with Crippen LogP contribution in [0.1, 0.15) is 30.5 Å². The summed E-state index contributed by atoms with van der Waals surface area (Å²) in [5.74, 6) is 2.90. The van der Waals surface area contributed by atoms with Crippen molar-refractivity contribution in [2.24, 2.45) is 0 Å². The number of allylic oxidation sites excluding steroid dienone is 1. The summed E-state index contributed by atoms with van der Waals surface area (Å²) in [5, 5.41) is 0. The summed E-state index contributed by atoms with van der Waals surface area (Å²) in [6, 6.07) is 32.0. The van der Waals surface area contributed by atoms with Gasteiger partial charge in [0.05, 0.1) is 12.1 Å². The summed E-state index contributed by atoms with van der Waals surface area (Å²) in [6.45, 7) is 5.57. The Kier molecular flexibility index (Phi) is 6.48. The smallest absolute Gasteiger partial charge is 0.0983 e. The summed E-state index contributed by atoms with van der Waals surface area (Å²) in [7, 11) is 0. The lowest BCUT2D eigenvalue weighted by Gasteiger charge is -2.44. The molecule has 0 N–H and O–H groups in total. The van der Waals surface area contributed by atoms with Gasteiger partial charge in [-0.15, -0.1) is 6.42 Å². The molecule has 0 bridgehead atoms. The Bertz CT molecular complexity index is 833. The normalized spacial score (nSPS) is 11.1. The lowest BCUT2D eigenvalue weighted by molar-refractivity contribution is 0.199. The van der Waals surface area contributed by atoms with Gasteiger partial charge in [0.1, 0.15) is 0 Å². The fourth-order valence-corrected chi connectivity index (χ4v) is 3.81. The summed E-state index contributed by atoms with van der Waals surface area (Å²) in [5.41, 5.74) is 4.45. The van der Waals surface area contributed by atoms with Gasteiger partial charge >= 0.3 is 0 Å². The molecule has 1 nitrogen and oxygen atoms in total. The first kappa shape index (κ1) is 19.7. The van der Waals surface area contributed by atoms with Crippen LogP contribution in [0.2, 0.25) is 0 Å². The Labute approximate surface area is 169 Å². The van der Waals surface area contributed by atoms with Crippen molar-refractivity contribution in [2.45, 2.75) is 19.4 Å². The van der Waals surface area contributed by atoms with Gasteiger partial charge in [-0.25, -0.2) is 0 Å². The highest BCUT2D eigenvalue weighted by Gasteiger charge is 2.41. The zero-order valence-corrected chi connectivity index (χ0v) is 16.7. The largest absolute Gasteiger partial charge is 0.271 e. The highest BCUT2D eigenvalue weighted by Crippen LogP contribution is 2.42. The Morgan fingerprint density at radius 1 is 0.786 bits per heavy atom. The highest BCUT2D eigenvalue weighted by molar-refractivity contribution is 5.50. The molecule has 0 saturated heterocycles. The van der Waals surface area contributed by atoms with Gasteiger partial charge in [0.25, 0.3) is 0 Å². The van der Waals surface area contributed by atoms with E-state index in [1.165, 1.54) is 22.3 Å². The third-order valence-electron chi connectivity index (χ3n) is 5.05. The molecule has 0 aliphatic carbocycles. The first-order valence-corrected chi connectivity index (χ1v) is 9.68. The molecule has 3 rings (SSSR count). The van der Waals surface area contributed by atoms with Gasteiger partial charge in [-0.05, 0) is 30.5 Å². The van der Waals surface area contributed by atoms with Crippen LogP contribution in [-0.2, 0) is 5.54 Å². The van der Waals surface area contributed by atoms with E-state index < -0.39 is 5.54 Å². The van der Waals surface area contributed by atoms with Crippen molar-refractivity contribution in [3.63, 3.8) is 0 Å². The van der Waals surface area contributed by atoms with Crippen molar-refractivity contribution in [3.05, 3.63) is 119 Å². The van der Waals surface area contributed by atoms with E-state index in [0.717, 1.165) is 6.54 Å². The molecule has 0 atom stereocenters. The molecule has 0 aliphatic heterocycles. The molecule has 0 saturated carbocycles. The number of nitrogens with zero attached hydrogens (tertiary/aromatic N) is 1. The molecule has 1 heteroatoms. The molecular formula is C27H27N. The number of rotatable bonds is 7. The van der Waals surface area contributed by atoms with E-state index in [0.29, 0.717) is 6.54 Å². The average Bonchev–Trinajstić information content (AvgIpc) is 2.75. The van der Waals surface area contributed by atoms with Crippen molar-refractivity contribution < 1.29 is 0 Å². The molecule has 3 aromatic rings. The minimum Gasteiger partial charge on any atom is -0.271 e. The van der Waals surface area contributed by atoms with Crippen molar-refractivity contribution in [2.75, 3.05) is 13.1 Å². The van der Waals surface area contributed by atoms with Crippen LogP contribution in [0.4, 0.5) is 0 Å². The number of terminal acetylenes is 1. The number of hydrogen-bond donors (Lipinski definition) is 0.